The summed E-state index contributed by atoms with van der Waals surface area (Å²) in [5.74, 6) is 1.23. The van der Waals surface area contributed by atoms with Crippen LogP contribution in [-0.2, 0) is 11.3 Å². The van der Waals surface area contributed by atoms with E-state index in [4.69, 9.17) is 0 Å². The third-order valence-electron chi connectivity index (χ3n) is 3.90. The van der Waals surface area contributed by atoms with Gasteiger partial charge in [-0.15, -0.1) is 5.10 Å². The normalized spacial score (nSPS) is 15.5. The molecule has 1 amide bonds. The van der Waals surface area contributed by atoms with Crippen molar-refractivity contribution in [2.24, 2.45) is 5.92 Å². The van der Waals surface area contributed by atoms with E-state index in [1.54, 1.807) is 4.68 Å². The predicted octanol–water partition coefficient (Wildman–Crippen LogP) is 1.34. The second kappa shape index (κ2) is 6.21. The average molecular weight is 300 g/mol. The maximum atomic E-state index is 12.2. The molecule has 1 aliphatic rings. The Labute approximate surface area is 129 Å². The maximum absolute atomic E-state index is 12.2. The molecule has 3 rings (SSSR count). The van der Waals surface area contributed by atoms with Gasteiger partial charge in [0.25, 0.3) is 0 Å². The number of nitrogens with zero attached hydrogens (tertiary/aromatic N) is 5. The van der Waals surface area contributed by atoms with Gasteiger partial charge in [-0.1, -0.05) is 6.07 Å². The lowest BCUT2D eigenvalue weighted by Gasteiger charge is -2.18. The van der Waals surface area contributed by atoms with Crippen LogP contribution in [0.5, 0.6) is 0 Å². The third-order valence-corrected chi connectivity index (χ3v) is 3.90. The van der Waals surface area contributed by atoms with E-state index in [9.17, 15) is 4.79 Å². The molecular formula is C15H20N6O. The Hall–Kier alpha value is -2.31. The molecule has 0 radical (unpaired) electrons. The lowest BCUT2D eigenvalue weighted by atomic mass is 10.1. The zero-order valence-electron chi connectivity index (χ0n) is 12.9. The van der Waals surface area contributed by atoms with Crippen LogP contribution in [-0.4, -0.2) is 31.1 Å². The summed E-state index contributed by atoms with van der Waals surface area (Å²) < 4.78 is 1.64. The van der Waals surface area contributed by atoms with Gasteiger partial charge in [-0.25, -0.2) is 4.68 Å². The second-order valence-corrected chi connectivity index (χ2v) is 5.79. The molecule has 22 heavy (non-hydrogen) atoms. The number of aryl methyl sites for hydroxylation is 3. The number of hydrogen-bond acceptors (Lipinski definition) is 5. The van der Waals surface area contributed by atoms with Gasteiger partial charge in [-0.05, 0) is 55.2 Å². The molecule has 1 N–H and O–H groups in total. The van der Waals surface area contributed by atoms with Crippen LogP contribution >= 0.6 is 0 Å². The zero-order valence-corrected chi connectivity index (χ0v) is 12.9. The first-order valence-corrected chi connectivity index (χ1v) is 7.59. The lowest BCUT2D eigenvalue weighted by Crippen LogP contribution is -2.31. The molecule has 2 heterocycles. The van der Waals surface area contributed by atoms with Crippen LogP contribution in [0.2, 0.25) is 0 Å². The average Bonchev–Trinajstić information content (AvgIpc) is 3.25. The summed E-state index contributed by atoms with van der Waals surface area (Å²) in [5, 5.41) is 14.4. The van der Waals surface area contributed by atoms with Crippen LogP contribution < -0.4 is 5.32 Å². The fourth-order valence-electron chi connectivity index (χ4n) is 2.51. The highest BCUT2D eigenvalue weighted by Gasteiger charge is 2.34. The van der Waals surface area contributed by atoms with Crippen LogP contribution in [0.3, 0.4) is 0 Å². The molecule has 0 aromatic carbocycles. The largest absolute Gasteiger partial charge is 0.347 e. The molecule has 0 aliphatic heterocycles. The van der Waals surface area contributed by atoms with Gasteiger partial charge in [0, 0.05) is 12.1 Å². The standard InChI is InChI=1S/C15H20N6O/c1-10-4-3-5-13(16-10)15(12-6-7-12)17-14(22)8-9-21-11(2)18-19-20-21/h3-5,12,15H,6-9H2,1-2H3,(H,17,22)/t15-/m0/s1. The number of carbonyl (C=O) groups excluding carboxylic acids is 1. The van der Waals surface area contributed by atoms with Crippen molar-refractivity contribution < 1.29 is 4.79 Å². The van der Waals surface area contributed by atoms with Gasteiger partial charge < -0.3 is 5.32 Å². The van der Waals surface area contributed by atoms with Crippen LogP contribution in [0.1, 0.15) is 42.5 Å². The first kappa shape index (κ1) is 14.6. The van der Waals surface area contributed by atoms with Crippen LogP contribution in [0.4, 0.5) is 0 Å². The minimum atomic E-state index is 0.00936. The van der Waals surface area contributed by atoms with E-state index in [1.807, 2.05) is 32.0 Å². The number of hydrogen-bond donors (Lipinski definition) is 1. The number of carbonyl (C=O) groups is 1. The van der Waals surface area contributed by atoms with Gasteiger partial charge in [0.15, 0.2) is 0 Å². The van der Waals surface area contributed by atoms with Gasteiger partial charge >= 0.3 is 0 Å². The van der Waals surface area contributed by atoms with Crippen molar-refractivity contribution in [3.63, 3.8) is 0 Å². The Morgan fingerprint density at radius 3 is 2.86 bits per heavy atom. The first-order chi connectivity index (χ1) is 10.6. The summed E-state index contributed by atoms with van der Waals surface area (Å²) in [6.07, 6.45) is 2.65. The highest BCUT2D eigenvalue weighted by Crippen LogP contribution is 2.40. The Morgan fingerprint density at radius 2 is 2.23 bits per heavy atom. The maximum Gasteiger partial charge on any atom is 0.222 e. The molecular weight excluding hydrogens is 280 g/mol. The number of nitrogens with one attached hydrogen (secondary N) is 1. The lowest BCUT2D eigenvalue weighted by molar-refractivity contribution is -0.122. The number of tetrazole rings is 1. The molecule has 0 spiro atoms. The van der Waals surface area contributed by atoms with Crippen LogP contribution in [0.15, 0.2) is 18.2 Å². The van der Waals surface area contributed by atoms with Crippen molar-refractivity contribution in [2.45, 2.75) is 45.7 Å². The molecule has 0 saturated heterocycles. The van der Waals surface area contributed by atoms with Crippen LogP contribution in [0.25, 0.3) is 0 Å². The Morgan fingerprint density at radius 1 is 1.41 bits per heavy atom. The highest BCUT2D eigenvalue weighted by atomic mass is 16.1. The molecule has 2 aromatic heterocycles. The summed E-state index contributed by atoms with van der Waals surface area (Å²) in [5.41, 5.74) is 1.93. The minimum absolute atomic E-state index is 0.00936. The van der Waals surface area contributed by atoms with Crippen molar-refractivity contribution >= 4 is 5.91 Å². The van der Waals surface area contributed by atoms with Crippen molar-refractivity contribution in [3.05, 3.63) is 35.4 Å². The predicted molar refractivity (Wildman–Crippen MR) is 79.8 cm³/mol. The molecule has 2 aromatic rings. The van der Waals surface area contributed by atoms with E-state index in [0.717, 1.165) is 24.2 Å². The van der Waals surface area contributed by atoms with E-state index >= 15 is 0 Å². The summed E-state index contributed by atoms with van der Waals surface area (Å²) in [6.45, 7) is 4.28. The molecule has 7 heteroatoms. The number of pyridine rings is 1. The van der Waals surface area contributed by atoms with Gasteiger partial charge in [0.2, 0.25) is 5.91 Å². The molecule has 1 aliphatic carbocycles. The Kier molecular flexibility index (Phi) is 4.13. The van der Waals surface area contributed by atoms with E-state index in [0.29, 0.717) is 24.7 Å². The van der Waals surface area contributed by atoms with E-state index in [1.165, 1.54) is 0 Å². The van der Waals surface area contributed by atoms with Gasteiger partial charge in [-0.3, -0.25) is 9.78 Å². The third kappa shape index (κ3) is 3.47. The van der Waals surface area contributed by atoms with E-state index < -0.39 is 0 Å². The molecule has 7 nitrogen and oxygen atoms in total. The summed E-state index contributed by atoms with van der Waals surface area (Å²) in [6, 6.07) is 5.96. The minimum Gasteiger partial charge on any atom is -0.347 e. The fraction of sp³-hybridized carbons (Fsp3) is 0.533. The molecule has 1 fully saturated rings. The van der Waals surface area contributed by atoms with E-state index in [2.05, 4.69) is 25.8 Å². The smallest absolute Gasteiger partial charge is 0.222 e. The van der Waals surface area contributed by atoms with Crippen molar-refractivity contribution in [2.75, 3.05) is 0 Å². The number of rotatable bonds is 6. The second-order valence-electron chi connectivity index (χ2n) is 5.79. The van der Waals surface area contributed by atoms with Crippen LogP contribution in [0, 0.1) is 19.8 Å². The SMILES string of the molecule is Cc1cccc([C@@H](NC(=O)CCn2nnnc2C)C2CC2)n1. The van der Waals surface area contributed by atoms with Crippen molar-refractivity contribution in [3.8, 4) is 0 Å². The quantitative estimate of drug-likeness (QED) is 0.870. The summed E-state index contributed by atoms with van der Waals surface area (Å²) in [4.78, 5) is 16.8. The van der Waals surface area contributed by atoms with Gasteiger partial charge in [0.05, 0.1) is 18.3 Å². The molecule has 116 valence electrons. The van der Waals surface area contributed by atoms with Crippen molar-refractivity contribution in [1.82, 2.24) is 30.5 Å². The number of amides is 1. The molecule has 1 atom stereocenters. The van der Waals surface area contributed by atoms with Crippen molar-refractivity contribution in [1.29, 1.82) is 0 Å². The Balaban J connectivity index is 1.61. The van der Waals surface area contributed by atoms with Gasteiger partial charge in [-0.2, -0.15) is 0 Å². The zero-order chi connectivity index (χ0) is 15.5. The first-order valence-electron chi connectivity index (χ1n) is 7.59. The topological polar surface area (TPSA) is 85.6 Å². The molecule has 0 unspecified atom stereocenters. The number of aromatic nitrogens is 5. The molecule has 0 bridgehead atoms. The summed E-state index contributed by atoms with van der Waals surface area (Å²) >= 11 is 0. The highest BCUT2D eigenvalue weighted by molar-refractivity contribution is 5.76. The Bertz CT molecular complexity index is 664. The fourth-order valence-corrected chi connectivity index (χ4v) is 2.51. The van der Waals surface area contributed by atoms with Gasteiger partial charge in [0.1, 0.15) is 5.82 Å². The van der Waals surface area contributed by atoms with E-state index in [-0.39, 0.29) is 11.9 Å². The molecule has 1 saturated carbocycles. The monoisotopic (exact) mass is 300 g/mol. The summed E-state index contributed by atoms with van der Waals surface area (Å²) in [7, 11) is 0.